The summed E-state index contributed by atoms with van der Waals surface area (Å²) >= 11 is -0.268. The van der Waals surface area contributed by atoms with E-state index in [1.807, 2.05) is 44.2 Å². The second kappa shape index (κ2) is 7.80. The van der Waals surface area contributed by atoms with Gasteiger partial charge in [0.05, 0.1) is 0 Å². The molecule has 0 fully saturated rings. The van der Waals surface area contributed by atoms with Gasteiger partial charge in [-0.1, -0.05) is 0 Å². The molecule has 1 rings (SSSR count). The van der Waals surface area contributed by atoms with Crippen molar-refractivity contribution in [1.82, 2.24) is 0 Å². The first-order chi connectivity index (χ1) is 7.77. The molecule has 0 aliphatic heterocycles. The first-order valence-electron chi connectivity index (χ1n) is 5.37. The van der Waals surface area contributed by atoms with Crippen LogP contribution in [-0.2, 0) is 9.47 Å². The fourth-order valence-corrected chi connectivity index (χ4v) is 2.98. The fraction of sp³-hybridized carbons (Fsp3) is 0.500. The molecule has 16 heavy (non-hydrogen) atoms. The van der Waals surface area contributed by atoms with E-state index in [2.05, 4.69) is 0 Å². The molecule has 0 bridgehead atoms. The van der Waals surface area contributed by atoms with Crippen molar-refractivity contribution >= 4 is 19.4 Å². The molecule has 0 aliphatic rings. The van der Waals surface area contributed by atoms with Crippen LogP contribution in [0.2, 0.25) is 0 Å². The molecule has 0 saturated carbocycles. The maximum absolute atomic E-state index is 13.9. The second-order valence-electron chi connectivity index (χ2n) is 3.06. The Hall–Kier alpha value is -0.411. The molecule has 2 nitrogen and oxygen atoms in total. The standard InChI is InChI=1S/C12H17FO2Se/c1-3-14-12(15-4-2)11(13)16-10-8-6-5-7-9-10/h5-9,11-12H,3-4H2,1-2H3. The summed E-state index contributed by atoms with van der Waals surface area (Å²) in [6, 6.07) is 9.62. The van der Waals surface area contributed by atoms with Crippen LogP contribution in [0, 0.1) is 0 Å². The minimum atomic E-state index is -1.06. The summed E-state index contributed by atoms with van der Waals surface area (Å²) in [6.45, 7) is 4.62. The van der Waals surface area contributed by atoms with Crippen LogP contribution >= 0.6 is 0 Å². The van der Waals surface area contributed by atoms with Crippen molar-refractivity contribution in [3.8, 4) is 0 Å². The molecule has 0 aliphatic carbocycles. The van der Waals surface area contributed by atoms with E-state index in [0.717, 1.165) is 4.46 Å². The summed E-state index contributed by atoms with van der Waals surface area (Å²) < 4.78 is 25.4. The van der Waals surface area contributed by atoms with Gasteiger partial charge in [-0.3, -0.25) is 0 Å². The van der Waals surface area contributed by atoms with E-state index in [0.29, 0.717) is 13.2 Å². The van der Waals surface area contributed by atoms with Gasteiger partial charge < -0.3 is 0 Å². The topological polar surface area (TPSA) is 18.5 Å². The van der Waals surface area contributed by atoms with Crippen LogP contribution in [0.1, 0.15) is 13.8 Å². The number of halogens is 1. The first-order valence-corrected chi connectivity index (χ1v) is 7.21. The monoisotopic (exact) mass is 292 g/mol. The van der Waals surface area contributed by atoms with Crippen molar-refractivity contribution < 1.29 is 13.9 Å². The van der Waals surface area contributed by atoms with Crippen LogP contribution in [-0.4, -0.2) is 39.5 Å². The van der Waals surface area contributed by atoms with Crippen LogP contribution in [0.5, 0.6) is 0 Å². The molecule has 0 N–H and O–H groups in total. The maximum atomic E-state index is 13.9. The quantitative estimate of drug-likeness (QED) is 0.562. The van der Waals surface area contributed by atoms with E-state index in [1.165, 1.54) is 0 Å². The van der Waals surface area contributed by atoms with E-state index in [4.69, 9.17) is 9.47 Å². The van der Waals surface area contributed by atoms with Gasteiger partial charge >= 0.3 is 102 Å². The first kappa shape index (κ1) is 13.7. The molecule has 0 heterocycles. The molecule has 90 valence electrons. The van der Waals surface area contributed by atoms with Gasteiger partial charge in [0.1, 0.15) is 0 Å². The minimum absolute atomic E-state index is 0.268. The summed E-state index contributed by atoms with van der Waals surface area (Å²) in [6.07, 6.45) is -0.727. The molecule has 0 aromatic heterocycles. The van der Waals surface area contributed by atoms with Crippen LogP contribution < -0.4 is 4.46 Å². The fourth-order valence-electron chi connectivity index (χ4n) is 1.21. The van der Waals surface area contributed by atoms with Gasteiger partial charge in [-0.05, 0) is 0 Å². The number of hydrogen-bond acceptors (Lipinski definition) is 2. The van der Waals surface area contributed by atoms with Gasteiger partial charge in [0.25, 0.3) is 0 Å². The predicted molar refractivity (Wildman–Crippen MR) is 63.8 cm³/mol. The number of rotatable bonds is 7. The average molecular weight is 291 g/mol. The summed E-state index contributed by atoms with van der Waals surface area (Å²) in [5, 5.41) is -1.06. The van der Waals surface area contributed by atoms with Crippen LogP contribution in [0.3, 0.4) is 0 Å². The average Bonchev–Trinajstić information content (AvgIpc) is 2.30. The molecule has 0 amide bonds. The Morgan fingerprint density at radius 3 is 2.19 bits per heavy atom. The van der Waals surface area contributed by atoms with Crippen LogP contribution in [0.25, 0.3) is 0 Å². The Labute approximate surface area is 102 Å². The van der Waals surface area contributed by atoms with Crippen molar-refractivity contribution in [3.05, 3.63) is 30.3 Å². The third kappa shape index (κ3) is 4.62. The molecular weight excluding hydrogens is 274 g/mol. The third-order valence-electron chi connectivity index (χ3n) is 1.87. The molecule has 0 spiro atoms. The molecule has 1 unspecified atom stereocenters. The van der Waals surface area contributed by atoms with E-state index >= 15 is 0 Å². The van der Waals surface area contributed by atoms with Gasteiger partial charge in [-0.25, -0.2) is 0 Å². The molecule has 1 atom stereocenters. The Morgan fingerprint density at radius 2 is 1.69 bits per heavy atom. The Balaban J connectivity index is 2.51. The van der Waals surface area contributed by atoms with Crippen molar-refractivity contribution in [2.24, 2.45) is 0 Å². The Morgan fingerprint density at radius 1 is 1.12 bits per heavy atom. The van der Waals surface area contributed by atoms with Gasteiger partial charge in [-0.15, -0.1) is 0 Å². The van der Waals surface area contributed by atoms with Crippen LogP contribution in [0.15, 0.2) is 30.3 Å². The van der Waals surface area contributed by atoms with Gasteiger partial charge in [0, 0.05) is 0 Å². The van der Waals surface area contributed by atoms with E-state index in [-0.39, 0.29) is 15.0 Å². The summed E-state index contributed by atoms with van der Waals surface area (Å²) in [5.41, 5.74) is 0. The zero-order chi connectivity index (χ0) is 11.8. The zero-order valence-electron chi connectivity index (χ0n) is 9.56. The predicted octanol–water partition coefficient (Wildman–Crippen LogP) is 1.71. The SMILES string of the molecule is CCOC(OCC)C(F)[Se]c1ccccc1. The van der Waals surface area contributed by atoms with Gasteiger partial charge in [-0.2, -0.15) is 0 Å². The van der Waals surface area contributed by atoms with E-state index in [1.54, 1.807) is 0 Å². The molecule has 4 heteroatoms. The van der Waals surface area contributed by atoms with Crippen molar-refractivity contribution in [3.63, 3.8) is 0 Å². The number of alkyl halides is 1. The number of hydrogen-bond donors (Lipinski definition) is 0. The Kier molecular flexibility index (Phi) is 6.65. The number of benzene rings is 1. The summed E-state index contributed by atoms with van der Waals surface area (Å²) in [7, 11) is 0. The Bertz CT molecular complexity index is 276. The number of ether oxygens (including phenoxy) is 2. The van der Waals surface area contributed by atoms with E-state index in [9.17, 15) is 4.39 Å². The normalized spacial score (nSPS) is 13.0. The summed E-state index contributed by atoms with van der Waals surface area (Å²) in [5.74, 6) is 0. The van der Waals surface area contributed by atoms with Crippen molar-refractivity contribution in [2.45, 2.75) is 25.2 Å². The zero-order valence-corrected chi connectivity index (χ0v) is 11.3. The second-order valence-corrected chi connectivity index (χ2v) is 5.49. The van der Waals surface area contributed by atoms with Crippen molar-refractivity contribution in [1.29, 1.82) is 0 Å². The van der Waals surface area contributed by atoms with Gasteiger partial charge in [0.2, 0.25) is 0 Å². The summed E-state index contributed by atoms with van der Waals surface area (Å²) in [4.78, 5) is 0. The molecular formula is C12H17FO2Se. The van der Waals surface area contributed by atoms with Gasteiger partial charge in [0.15, 0.2) is 0 Å². The molecule has 1 aromatic carbocycles. The molecule has 1 aromatic rings. The molecule has 0 radical (unpaired) electrons. The van der Waals surface area contributed by atoms with E-state index < -0.39 is 11.4 Å². The van der Waals surface area contributed by atoms with Crippen LogP contribution in [0.4, 0.5) is 4.39 Å². The molecule has 0 saturated heterocycles. The third-order valence-corrected chi connectivity index (χ3v) is 3.95. The van der Waals surface area contributed by atoms with Crippen molar-refractivity contribution in [2.75, 3.05) is 13.2 Å².